The van der Waals surface area contributed by atoms with Crippen molar-refractivity contribution in [1.82, 2.24) is 9.97 Å². The summed E-state index contributed by atoms with van der Waals surface area (Å²) >= 11 is 1.40. The van der Waals surface area contributed by atoms with Gasteiger partial charge in [-0.15, -0.1) is 0 Å². The molecule has 0 aliphatic heterocycles. The summed E-state index contributed by atoms with van der Waals surface area (Å²) < 4.78 is 11.6. The normalized spacial score (nSPS) is 11.1. The van der Waals surface area contributed by atoms with Gasteiger partial charge >= 0.3 is 0 Å². The molecule has 4 aromatic rings. The zero-order valence-electron chi connectivity index (χ0n) is 13.0. The third kappa shape index (κ3) is 2.59. The molecule has 1 N–H and O–H groups in total. The van der Waals surface area contributed by atoms with Gasteiger partial charge in [-0.25, -0.2) is 9.97 Å². The average Bonchev–Trinajstić information content (AvgIpc) is 3.14. The summed E-state index contributed by atoms with van der Waals surface area (Å²) in [5, 5.41) is 3.36. The summed E-state index contributed by atoms with van der Waals surface area (Å²) in [6.07, 6.45) is 0. The van der Waals surface area contributed by atoms with Gasteiger partial charge in [-0.2, -0.15) is 0 Å². The third-order valence-electron chi connectivity index (χ3n) is 3.57. The van der Waals surface area contributed by atoms with Crippen LogP contribution in [0, 0.1) is 6.92 Å². The van der Waals surface area contributed by atoms with Crippen LogP contribution in [0.2, 0.25) is 0 Å². The molecule has 2 heterocycles. The fourth-order valence-electron chi connectivity index (χ4n) is 2.44. The van der Waals surface area contributed by atoms with Crippen LogP contribution in [0.5, 0.6) is 5.75 Å². The Hall–Kier alpha value is -2.93. The lowest BCUT2D eigenvalue weighted by atomic mass is 10.2. The number of nitrogens with one attached hydrogen (secondary N) is 1. The highest BCUT2D eigenvalue weighted by molar-refractivity contribution is 7.22. The zero-order valence-corrected chi connectivity index (χ0v) is 13.8. The number of thiazole rings is 1. The number of amides is 1. The molecule has 0 aliphatic carbocycles. The van der Waals surface area contributed by atoms with Crippen molar-refractivity contribution >= 4 is 43.7 Å². The number of benzene rings is 2. The van der Waals surface area contributed by atoms with Gasteiger partial charge in [0.25, 0.3) is 5.91 Å². The Morgan fingerprint density at radius 3 is 2.83 bits per heavy atom. The molecule has 0 unspecified atom stereocenters. The third-order valence-corrected chi connectivity index (χ3v) is 4.51. The van der Waals surface area contributed by atoms with Crippen molar-refractivity contribution in [2.24, 2.45) is 0 Å². The van der Waals surface area contributed by atoms with E-state index in [2.05, 4.69) is 15.3 Å². The number of fused-ring (bicyclic) bond motifs is 2. The van der Waals surface area contributed by atoms with Crippen LogP contribution in [0.1, 0.15) is 16.2 Å². The van der Waals surface area contributed by atoms with Crippen LogP contribution in [0.25, 0.3) is 21.3 Å². The highest BCUT2D eigenvalue weighted by atomic mass is 32.1. The number of oxazole rings is 1. The van der Waals surface area contributed by atoms with Crippen LogP contribution < -0.4 is 10.1 Å². The van der Waals surface area contributed by atoms with E-state index in [1.165, 1.54) is 11.3 Å². The molecule has 0 aliphatic rings. The van der Waals surface area contributed by atoms with Crippen LogP contribution in [0.4, 0.5) is 5.13 Å². The average molecular weight is 339 g/mol. The number of rotatable bonds is 3. The first-order valence-electron chi connectivity index (χ1n) is 7.25. The molecule has 24 heavy (non-hydrogen) atoms. The second-order valence-electron chi connectivity index (χ2n) is 5.22. The summed E-state index contributed by atoms with van der Waals surface area (Å²) in [6.45, 7) is 1.77. The van der Waals surface area contributed by atoms with Crippen molar-refractivity contribution in [1.29, 1.82) is 0 Å². The quantitative estimate of drug-likeness (QED) is 0.610. The van der Waals surface area contributed by atoms with E-state index in [0.29, 0.717) is 22.2 Å². The van der Waals surface area contributed by atoms with Gasteiger partial charge in [-0.05, 0) is 36.4 Å². The number of hydrogen-bond donors (Lipinski definition) is 1. The minimum atomic E-state index is -0.239. The van der Waals surface area contributed by atoms with Crippen molar-refractivity contribution in [3.8, 4) is 5.75 Å². The predicted molar refractivity (Wildman–Crippen MR) is 92.9 cm³/mol. The molecule has 2 aromatic heterocycles. The Labute approximate surface area is 141 Å². The number of methoxy groups -OCH3 is 1. The first-order valence-corrected chi connectivity index (χ1v) is 8.07. The van der Waals surface area contributed by atoms with E-state index in [1.54, 1.807) is 32.2 Å². The van der Waals surface area contributed by atoms with Gasteiger partial charge in [0.15, 0.2) is 16.6 Å². The molecule has 0 saturated heterocycles. The molecule has 4 rings (SSSR count). The van der Waals surface area contributed by atoms with Crippen LogP contribution in [-0.2, 0) is 0 Å². The van der Waals surface area contributed by atoms with E-state index in [1.807, 2.05) is 18.2 Å². The molecule has 0 spiro atoms. The molecule has 0 radical (unpaired) electrons. The van der Waals surface area contributed by atoms with E-state index in [4.69, 9.17) is 9.15 Å². The highest BCUT2D eigenvalue weighted by Gasteiger charge is 2.12. The van der Waals surface area contributed by atoms with Gasteiger partial charge in [0.1, 0.15) is 11.3 Å². The number of nitrogens with zero attached hydrogens (tertiary/aromatic N) is 2. The number of aromatic nitrogens is 2. The second-order valence-corrected chi connectivity index (χ2v) is 6.25. The summed E-state index contributed by atoms with van der Waals surface area (Å²) in [5.74, 6) is 1.09. The predicted octanol–water partition coefficient (Wildman–Crippen LogP) is 4.01. The van der Waals surface area contributed by atoms with E-state index in [0.717, 1.165) is 21.5 Å². The van der Waals surface area contributed by atoms with Crippen molar-refractivity contribution in [3.63, 3.8) is 0 Å². The molecule has 0 atom stereocenters. The van der Waals surface area contributed by atoms with E-state index >= 15 is 0 Å². The number of anilines is 1. The highest BCUT2D eigenvalue weighted by Crippen LogP contribution is 2.29. The Balaban J connectivity index is 1.62. The molecule has 120 valence electrons. The van der Waals surface area contributed by atoms with Crippen molar-refractivity contribution in [3.05, 3.63) is 47.9 Å². The van der Waals surface area contributed by atoms with Gasteiger partial charge in [0.05, 0.1) is 17.3 Å². The van der Waals surface area contributed by atoms with E-state index in [-0.39, 0.29) is 5.91 Å². The first kappa shape index (κ1) is 14.6. The summed E-state index contributed by atoms with van der Waals surface area (Å²) in [4.78, 5) is 21.1. The van der Waals surface area contributed by atoms with Crippen molar-refractivity contribution < 1.29 is 13.9 Å². The molecule has 7 heteroatoms. The van der Waals surface area contributed by atoms with Gasteiger partial charge in [0, 0.05) is 12.5 Å². The molecular weight excluding hydrogens is 326 g/mol. The SMILES string of the molecule is COc1ccc2nc(NC(=O)c3ccc4nc(C)oc4c3)sc2c1. The number of carbonyl (C=O) groups is 1. The number of carbonyl (C=O) groups excluding carboxylic acids is 1. The minimum absolute atomic E-state index is 0.239. The Kier molecular flexibility index (Phi) is 3.42. The van der Waals surface area contributed by atoms with E-state index < -0.39 is 0 Å². The van der Waals surface area contributed by atoms with Gasteiger partial charge in [-0.1, -0.05) is 11.3 Å². The molecule has 1 amide bonds. The van der Waals surface area contributed by atoms with Crippen molar-refractivity contribution in [2.45, 2.75) is 6.92 Å². The van der Waals surface area contributed by atoms with Crippen LogP contribution in [-0.4, -0.2) is 23.0 Å². The fraction of sp³-hybridized carbons (Fsp3) is 0.118. The maximum atomic E-state index is 12.4. The minimum Gasteiger partial charge on any atom is -0.497 e. The monoisotopic (exact) mass is 339 g/mol. The maximum absolute atomic E-state index is 12.4. The molecule has 6 nitrogen and oxygen atoms in total. The van der Waals surface area contributed by atoms with Crippen LogP contribution in [0.3, 0.4) is 0 Å². The summed E-state index contributed by atoms with van der Waals surface area (Å²) in [7, 11) is 1.62. The van der Waals surface area contributed by atoms with Gasteiger partial charge in [0.2, 0.25) is 0 Å². The Morgan fingerprint density at radius 2 is 2.00 bits per heavy atom. The molecule has 0 saturated carbocycles. The fourth-order valence-corrected chi connectivity index (χ4v) is 3.33. The van der Waals surface area contributed by atoms with Gasteiger partial charge < -0.3 is 9.15 Å². The van der Waals surface area contributed by atoms with Gasteiger partial charge in [-0.3, -0.25) is 10.1 Å². The summed E-state index contributed by atoms with van der Waals surface area (Å²) in [5.41, 5.74) is 2.64. The second kappa shape index (κ2) is 5.61. The number of aryl methyl sites for hydroxylation is 1. The first-order chi connectivity index (χ1) is 11.6. The maximum Gasteiger partial charge on any atom is 0.257 e. The Morgan fingerprint density at radius 1 is 1.17 bits per heavy atom. The van der Waals surface area contributed by atoms with Crippen LogP contribution >= 0.6 is 11.3 Å². The standard InChI is InChI=1S/C17H13N3O3S/c1-9-18-12-5-3-10(7-14(12)23-9)16(21)20-17-19-13-6-4-11(22-2)8-15(13)24-17/h3-8H,1-2H3,(H,19,20,21). The largest absolute Gasteiger partial charge is 0.497 e. The smallest absolute Gasteiger partial charge is 0.257 e. The number of hydrogen-bond acceptors (Lipinski definition) is 6. The summed E-state index contributed by atoms with van der Waals surface area (Å²) in [6, 6.07) is 10.8. The lowest BCUT2D eigenvalue weighted by Crippen LogP contribution is -2.11. The Bertz CT molecular complexity index is 1070. The molecule has 0 fully saturated rings. The zero-order chi connectivity index (χ0) is 16.7. The topological polar surface area (TPSA) is 77.2 Å². The molecule has 0 bridgehead atoms. The van der Waals surface area contributed by atoms with E-state index in [9.17, 15) is 4.79 Å². The van der Waals surface area contributed by atoms with Crippen molar-refractivity contribution in [2.75, 3.05) is 12.4 Å². The lowest BCUT2D eigenvalue weighted by Gasteiger charge is -2.00. The molecular formula is C17H13N3O3S. The lowest BCUT2D eigenvalue weighted by molar-refractivity contribution is 0.102. The molecule has 2 aromatic carbocycles. The van der Waals surface area contributed by atoms with Crippen LogP contribution in [0.15, 0.2) is 40.8 Å². The number of ether oxygens (including phenoxy) is 1.